The molecule has 0 bridgehead atoms. The van der Waals surface area contributed by atoms with E-state index in [0.717, 1.165) is 0 Å². The van der Waals surface area contributed by atoms with E-state index < -0.39 is 0 Å². The van der Waals surface area contributed by atoms with Crippen molar-refractivity contribution in [2.24, 2.45) is 7.05 Å². The minimum Gasteiger partial charge on any atom is -0.344 e. The normalized spacial score (nSPS) is 11.5. The number of halogens is 2. The number of aromatic nitrogens is 2. The molecule has 6 heteroatoms. The van der Waals surface area contributed by atoms with Crippen molar-refractivity contribution < 1.29 is 4.79 Å². The first kappa shape index (κ1) is 12.7. The van der Waals surface area contributed by atoms with Crippen LogP contribution in [0.4, 0.5) is 0 Å². The van der Waals surface area contributed by atoms with Crippen LogP contribution in [0, 0.1) is 0 Å². The SMILES string of the molecule is Cn1ccc(C(=O)NC(C)(CBr)CBr)n1. The molecule has 15 heavy (non-hydrogen) atoms. The quantitative estimate of drug-likeness (QED) is 0.849. The van der Waals surface area contributed by atoms with Crippen molar-refractivity contribution in [1.82, 2.24) is 15.1 Å². The summed E-state index contributed by atoms with van der Waals surface area (Å²) in [5, 5.41) is 8.32. The number of nitrogens with zero attached hydrogens (tertiary/aromatic N) is 2. The van der Waals surface area contributed by atoms with Gasteiger partial charge in [-0.3, -0.25) is 9.48 Å². The van der Waals surface area contributed by atoms with E-state index in [-0.39, 0.29) is 11.4 Å². The maximum absolute atomic E-state index is 11.8. The number of rotatable bonds is 4. The Morgan fingerprint density at radius 1 is 1.60 bits per heavy atom. The monoisotopic (exact) mass is 337 g/mol. The fourth-order valence-electron chi connectivity index (χ4n) is 0.977. The second kappa shape index (κ2) is 5.12. The van der Waals surface area contributed by atoms with Crippen LogP contribution in [0.3, 0.4) is 0 Å². The third-order valence-electron chi connectivity index (χ3n) is 1.95. The van der Waals surface area contributed by atoms with Crippen LogP contribution in [-0.2, 0) is 7.05 Å². The van der Waals surface area contributed by atoms with Crippen molar-refractivity contribution in [1.29, 1.82) is 0 Å². The highest BCUT2D eigenvalue weighted by molar-refractivity contribution is 9.09. The number of carbonyl (C=O) groups excluding carboxylic acids is 1. The first-order valence-electron chi connectivity index (χ1n) is 4.45. The van der Waals surface area contributed by atoms with Gasteiger partial charge in [-0.15, -0.1) is 0 Å². The molecule has 1 rings (SSSR count). The molecule has 0 saturated carbocycles. The van der Waals surface area contributed by atoms with E-state index in [1.165, 1.54) is 0 Å². The van der Waals surface area contributed by atoms with Crippen LogP contribution >= 0.6 is 31.9 Å². The van der Waals surface area contributed by atoms with Gasteiger partial charge in [0.2, 0.25) is 0 Å². The van der Waals surface area contributed by atoms with Crippen molar-refractivity contribution in [3.8, 4) is 0 Å². The summed E-state index contributed by atoms with van der Waals surface area (Å²) in [5.74, 6) is -0.156. The first-order chi connectivity index (χ1) is 7.00. The van der Waals surface area contributed by atoms with E-state index in [2.05, 4.69) is 42.3 Å². The Balaban J connectivity index is 2.71. The Hall–Kier alpha value is -0.360. The molecule has 84 valence electrons. The maximum atomic E-state index is 11.8. The van der Waals surface area contributed by atoms with Crippen molar-refractivity contribution in [2.75, 3.05) is 10.7 Å². The van der Waals surface area contributed by atoms with Gasteiger partial charge in [0.25, 0.3) is 5.91 Å². The third-order valence-corrected chi connectivity index (χ3v) is 4.43. The van der Waals surface area contributed by atoms with Crippen LogP contribution < -0.4 is 5.32 Å². The summed E-state index contributed by atoms with van der Waals surface area (Å²) in [5.41, 5.74) is 0.139. The zero-order chi connectivity index (χ0) is 11.5. The smallest absolute Gasteiger partial charge is 0.272 e. The Bertz CT molecular complexity index is 347. The molecule has 0 aliphatic heterocycles. The van der Waals surface area contributed by atoms with Crippen molar-refractivity contribution >= 4 is 37.8 Å². The van der Waals surface area contributed by atoms with Crippen LogP contribution in [-0.4, -0.2) is 31.9 Å². The number of amides is 1. The minimum absolute atomic E-state index is 0.156. The van der Waals surface area contributed by atoms with Gasteiger partial charge in [-0.1, -0.05) is 31.9 Å². The molecule has 1 heterocycles. The lowest BCUT2D eigenvalue weighted by molar-refractivity contribution is 0.0917. The summed E-state index contributed by atoms with van der Waals surface area (Å²) in [6.45, 7) is 1.96. The Morgan fingerprint density at radius 2 is 2.20 bits per heavy atom. The molecular weight excluding hydrogens is 326 g/mol. The van der Waals surface area contributed by atoms with Gasteiger partial charge in [0.05, 0.1) is 5.54 Å². The molecular formula is C9H13Br2N3O. The van der Waals surface area contributed by atoms with Gasteiger partial charge < -0.3 is 5.32 Å². The molecule has 0 saturated heterocycles. The Labute approximate surface area is 106 Å². The van der Waals surface area contributed by atoms with Crippen LogP contribution in [0.1, 0.15) is 17.4 Å². The molecule has 0 atom stereocenters. The van der Waals surface area contributed by atoms with E-state index in [4.69, 9.17) is 0 Å². The second-order valence-corrected chi connectivity index (χ2v) is 4.78. The Kier molecular flexibility index (Phi) is 4.33. The predicted octanol–water partition coefficient (Wildman–Crippen LogP) is 1.70. The maximum Gasteiger partial charge on any atom is 0.272 e. The lowest BCUT2D eigenvalue weighted by Crippen LogP contribution is -2.49. The van der Waals surface area contributed by atoms with Gasteiger partial charge >= 0.3 is 0 Å². The van der Waals surface area contributed by atoms with Crippen LogP contribution in [0.2, 0.25) is 0 Å². The fraction of sp³-hybridized carbons (Fsp3) is 0.556. The van der Waals surface area contributed by atoms with E-state index in [1.54, 1.807) is 24.0 Å². The largest absolute Gasteiger partial charge is 0.344 e. The van der Waals surface area contributed by atoms with E-state index in [9.17, 15) is 4.79 Å². The number of hydrogen-bond acceptors (Lipinski definition) is 2. The highest BCUT2D eigenvalue weighted by atomic mass is 79.9. The van der Waals surface area contributed by atoms with E-state index in [0.29, 0.717) is 16.4 Å². The number of carbonyl (C=O) groups is 1. The van der Waals surface area contributed by atoms with Crippen LogP contribution in [0.5, 0.6) is 0 Å². The van der Waals surface area contributed by atoms with Crippen LogP contribution in [0.15, 0.2) is 12.3 Å². The van der Waals surface area contributed by atoms with Gasteiger partial charge in [-0.2, -0.15) is 5.10 Å². The van der Waals surface area contributed by atoms with Crippen LogP contribution in [0.25, 0.3) is 0 Å². The third kappa shape index (κ3) is 3.31. The molecule has 4 nitrogen and oxygen atoms in total. The van der Waals surface area contributed by atoms with Gasteiger partial charge in [0, 0.05) is 23.9 Å². The topological polar surface area (TPSA) is 46.9 Å². The molecule has 0 spiro atoms. The lowest BCUT2D eigenvalue weighted by atomic mass is 10.1. The van der Waals surface area contributed by atoms with Gasteiger partial charge in [0.1, 0.15) is 5.69 Å². The summed E-state index contributed by atoms with van der Waals surface area (Å²) in [7, 11) is 1.78. The molecule has 0 aliphatic rings. The molecule has 1 aromatic heterocycles. The summed E-state index contributed by atoms with van der Waals surface area (Å²) >= 11 is 6.74. The highest BCUT2D eigenvalue weighted by Crippen LogP contribution is 2.12. The number of aryl methyl sites for hydroxylation is 1. The minimum atomic E-state index is -0.297. The van der Waals surface area contributed by atoms with Crippen molar-refractivity contribution in [3.63, 3.8) is 0 Å². The summed E-state index contributed by atoms with van der Waals surface area (Å²) in [6, 6.07) is 1.69. The molecule has 0 aromatic carbocycles. The number of hydrogen-bond donors (Lipinski definition) is 1. The lowest BCUT2D eigenvalue weighted by Gasteiger charge is -2.25. The zero-order valence-corrected chi connectivity index (χ0v) is 11.8. The van der Waals surface area contributed by atoms with Gasteiger partial charge in [-0.05, 0) is 13.0 Å². The molecule has 0 radical (unpaired) electrons. The summed E-state index contributed by atoms with van der Waals surface area (Å²) in [4.78, 5) is 11.8. The summed E-state index contributed by atoms with van der Waals surface area (Å²) in [6.07, 6.45) is 1.74. The zero-order valence-electron chi connectivity index (χ0n) is 8.63. The molecule has 1 amide bonds. The van der Waals surface area contributed by atoms with Crippen molar-refractivity contribution in [3.05, 3.63) is 18.0 Å². The van der Waals surface area contributed by atoms with E-state index in [1.807, 2.05) is 6.92 Å². The molecule has 1 aromatic rings. The first-order valence-corrected chi connectivity index (χ1v) is 6.69. The van der Waals surface area contributed by atoms with Gasteiger partial charge in [0.15, 0.2) is 0 Å². The molecule has 1 N–H and O–H groups in total. The molecule has 0 unspecified atom stereocenters. The standard InChI is InChI=1S/C9H13Br2N3O/c1-9(5-10,6-11)12-8(15)7-3-4-14(2)13-7/h3-4H,5-6H2,1-2H3,(H,12,15). The van der Waals surface area contributed by atoms with Gasteiger partial charge in [-0.25, -0.2) is 0 Å². The number of nitrogens with one attached hydrogen (secondary N) is 1. The second-order valence-electron chi connectivity index (χ2n) is 3.66. The highest BCUT2D eigenvalue weighted by Gasteiger charge is 2.25. The predicted molar refractivity (Wildman–Crippen MR) is 66.7 cm³/mol. The van der Waals surface area contributed by atoms with E-state index >= 15 is 0 Å². The Morgan fingerprint density at radius 3 is 2.60 bits per heavy atom. The number of alkyl halides is 2. The van der Waals surface area contributed by atoms with Crippen molar-refractivity contribution in [2.45, 2.75) is 12.5 Å². The molecule has 0 fully saturated rings. The average Bonchev–Trinajstić information content (AvgIpc) is 2.65. The fourth-order valence-corrected chi connectivity index (χ4v) is 2.19. The molecule has 0 aliphatic carbocycles. The summed E-state index contributed by atoms with van der Waals surface area (Å²) < 4.78 is 1.61. The average molecular weight is 339 g/mol.